The fourth-order valence-corrected chi connectivity index (χ4v) is 4.58. The molecule has 4 unspecified atom stereocenters. The molecule has 0 spiro atoms. The Hall–Kier alpha value is -0.810. The van der Waals surface area contributed by atoms with Gasteiger partial charge in [0.25, 0.3) is 0 Å². The number of nitrogens with one attached hydrogen (secondary N) is 2. The first-order valence-electron chi connectivity index (χ1n) is 9.39. The van der Waals surface area contributed by atoms with Crippen molar-refractivity contribution in [2.45, 2.75) is 83.0 Å². The van der Waals surface area contributed by atoms with Crippen molar-refractivity contribution in [3.05, 3.63) is 0 Å². The molecule has 0 radical (unpaired) electrons. The Bertz CT molecular complexity index is 421. The van der Waals surface area contributed by atoms with E-state index in [1.54, 1.807) is 0 Å². The lowest BCUT2D eigenvalue weighted by Gasteiger charge is -2.29. The van der Waals surface area contributed by atoms with Crippen LogP contribution in [0.4, 0.5) is 4.79 Å². The maximum Gasteiger partial charge on any atom is 0.407 e. The minimum Gasteiger partial charge on any atom is -0.444 e. The molecule has 3 fully saturated rings. The summed E-state index contributed by atoms with van der Waals surface area (Å²) in [6.07, 6.45) is 7.42. The van der Waals surface area contributed by atoms with E-state index in [9.17, 15) is 4.79 Å². The maximum atomic E-state index is 11.9. The maximum absolute atomic E-state index is 11.9. The number of ether oxygens (including phenoxy) is 1. The summed E-state index contributed by atoms with van der Waals surface area (Å²) in [5.74, 6) is 0.540. The average molecular weight is 323 g/mol. The van der Waals surface area contributed by atoms with Crippen LogP contribution >= 0.6 is 0 Å². The number of nitrogens with zero attached hydrogens (tertiary/aromatic N) is 1. The SMILES string of the molecule is CC(C)(C)OC(=O)NCC1CCCC1NC1CCN2CCCC12. The van der Waals surface area contributed by atoms with E-state index >= 15 is 0 Å². The van der Waals surface area contributed by atoms with E-state index in [1.807, 2.05) is 20.8 Å². The van der Waals surface area contributed by atoms with Gasteiger partial charge in [-0.15, -0.1) is 0 Å². The third-order valence-corrected chi connectivity index (χ3v) is 5.60. The molecule has 0 aromatic carbocycles. The Morgan fingerprint density at radius 3 is 2.70 bits per heavy atom. The zero-order valence-corrected chi connectivity index (χ0v) is 14.9. The van der Waals surface area contributed by atoms with E-state index in [0.717, 1.165) is 12.6 Å². The quantitative estimate of drug-likeness (QED) is 0.835. The monoisotopic (exact) mass is 323 g/mol. The van der Waals surface area contributed by atoms with Crippen LogP contribution in [0.1, 0.15) is 59.3 Å². The van der Waals surface area contributed by atoms with Gasteiger partial charge < -0.3 is 15.4 Å². The normalized spacial score (nSPS) is 34.6. The van der Waals surface area contributed by atoms with Crippen LogP contribution in [-0.2, 0) is 4.74 Å². The van der Waals surface area contributed by atoms with Gasteiger partial charge in [0.1, 0.15) is 5.60 Å². The first-order valence-corrected chi connectivity index (χ1v) is 9.39. The summed E-state index contributed by atoms with van der Waals surface area (Å²) < 4.78 is 5.35. The van der Waals surface area contributed by atoms with Crippen LogP contribution < -0.4 is 10.6 Å². The Morgan fingerprint density at radius 2 is 1.91 bits per heavy atom. The van der Waals surface area contributed by atoms with Crippen molar-refractivity contribution in [2.75, 3.05) is 19.6 Å². The largest absolute Gasteiger partial charge is 0.444 e. The molecule has 3 rings (SSSR count). The molecule has 5 heteroatoms. The molecule has 1 saturated carbocycles. The number of carbonyl (C=O) groups excluding carboxylic acids is 1. The fraction of sp³-hybridized carbons (Fsp3) is 0.944. The van der Waals surface area contributed by atoms with Gasteiger partial charge in [0, 0.05) is 31.2 Å². The summed E-state index contributed by atoms with van der Waals surface area (Å²) in [7, 11) is 0. The van der Waals surface area contributed by atoms with Gasteiger partial charge in [-0.05, 0) is 65.3 Å². The molecular formula is C18H33N3O2. The van der Waals surface area contributed by atoms with Crippen LogP contribution in [0.3, 0.4) is 0 Å². The summed E-state index contributed by atoms with van der Waals surface area (Å²) in [4.78, 5) is 14.5. The Labute approximate surface area is 140 Å². The second kappa shape index (κ2) is 6.98. The number of alkyl carbamates (subject to hydrolysis) is 1. The van der Waals surface area contributed by atoms with Crippen LogP contribution in [-0.4, -0.2) is 54.4 Å². The zero-order chi connectivity index (χ0) is 16.4. The molecule has 0 bridgehead atoms. The highest BCUT2D eigenvalue weighted by atomic mass is 16.6. The Morgan fingerprint density at radius 1 is 1.09 bits per heavy atom. The lowest BCUT2D eigenvalue weighted by Crippen LogP contribution is -2.48. The Kier molecular flexibility index (Phi) is 5.16. The molecule has 2 saturated heterocycles. The minimum absolute atomic E-state index is 0.286. The Balaban J connectivity index is 1.45. The van der Waals surface area contributed by atoms with Crippen molar-refractivity contribution >= 4 is 6.09 Å². The van der Waals surface area contributed by atoms with Crippen molar-refractivity contribution in [3.8, 4) is 0 Å². The third kappa shape index (κ3) is 4.38. The number of hydrogen-bond donors (Lipinski definition) is 2. The highest BCUT2D eigenvalue weighted by Crippen LogP contribution is 2.31. The van der Waals surface area contributed by atoms with E-state index in [4.69, 9.17) is 4.74 Å². The second-order valence-corrected chi connectivity index (χ2v) is 8.49. The number of rotatable bonds is 4. The van der Waals surface area contributed by atoms with Crippen LogP contribution in [0, 0.1) is 5.92 Å². The molecule has 0 aromatic rings. The number of hydrogen-bond acceptors (Lipinski definition) is 4. The fourth-order valence-electron chi connectivity index (χ4n) is 4.58. The van der Waals surface area contributed by atoms with Gasteiger partial charge in [0.2, 0.25) is 0 Å². The molecule has 132 valence electrons. The van der Waals surface area contributed by atoms with Gasteiger partial charge in [-0.1, -0.05) is 6.42 Å². The lowest BCUT2D eigenvalue weighted by molar-refractivity contribution is 0.0517. The predicted octanol–water partition coefficient (Wildman–Crippen LogP) is 2.51. The van der Waals surface area contributed by atoms with Gasteiger partial charge in [-0.25, -0.2) is 4.79 Å². The van der Waals surface area contributed by atoms with Crippen LogP contribution in [0.2, 0.25) is 0 Å². The molecule has 23 heavy (non-hydrogen) atoms. The first-order chi connectivity index (χ1) is 10.9. The highest BCUT2D eigenvalue weighted by Gasteiger charge is 2.39. The zero-order valence-electron chi connectivity index (χ0n) is 14.9. The number of carbonyl (C=O) groups is 1. The van der Waals surface area contributed by atoms with Gasteiger partial charge in [-0.3, -0.25) is 4.90 Å². The van der Waals surface area contributed by atoms with Crippen molar-refractivity contribution < 1.29 is 9.53 Å². The summed E-state index contributed by atoms with van der Waals surface area (Å²) in [6, 6.07) is 1.97. The smallest absolute Gasteiger partial charge is 0.407 e. The molecule has 2 heterocycles. The van der Waals surface area contributed by atoms with Gasteiger partial charge in [0.05, 0.1) is 0 Å². The lowest BCUT2D eigenvalue weighted by atomic mass is 10.00. The minimum atomic E-state index is -0.423. The standard InChI is InChI=1S/C18H33N3O2/c1-18(2,3)23-17(22)19-12-13-6-4-7-14(13)20-15-9-11-21-10-5-8-16(15)21/h13-16,20H,4-12H2,1-3H3,(H,19,22). The first kappa shape index (κ1) is 17.0. The second-order valence-electron chi connectivity index (χ2n) is 8.49. The van der Waals surface area contributed by atoms with E-state index in [-0.39, 0.29) is 6.09 Å². The number of amides is 1. The van der Waals surface area contributed by atoms with Crippen molar-refractivity contribution in [2.24, 2.45) is 5.92 Å². The van der Waals surface area contributed by atoms with Gasteiger partial charge in [0.15, 0.2) is 0 Å². The summed E-state index contributed by atoms with van der Waals surface area (Å²) in [6.45, 7) is 8.99. The molecule has 4 atom stereocenters. The highest BCUT2D eigenvalue weighted by molar-refractivity contribution is 5.67. The summed E-state index contributed by atoms with van der Waals surface area (Å²) >= 11 is 0. The predicted molar refractivity (Wildman–Crippen MR) is 91.5 cm³/mol. The van der Waals surface area contributed by atoms with Crippen LogP contribution in [0.15, 0.2) is 0 Å². The number of fused-ring (bicyclic) bond motifs is 1. The molecule has 2 N–H and O–H groups in total. The molecule has 3 aliphatic rings. The van der Waals surface area contributed by atoms with Crippen LogP contribution in [0.25, 0.3) is 0 Å². The van der Waals surface area contributed by atoms with E-state index < -0.39 is 5.60 Å². The van der Waals surface area contributed by atoms with E-state index in [1.165, 1.54) is 51.6 Å². The summed E-state index contributed by atoms with van der Waals surface area (Å²) in [5.41, 5.74) is -0.423. The molecule has 1 amide bonds. The molecule has 2 aliphatic heterocycles. The van der Waals surface area contributed by atoms with Crippen molar-refractivity contribution in [1.29, 1.82) is 0 Å². The third-order valence-electron chi connectivity index (χ3n) is 5.60. The van der Waals surface area contributed by atoms with Crippen LogP contribution in [0.5, 0.6) is 0 Å². The molecule has 5 nitrogen and oxygen atoms in total. The topological polar surface area (TPSA) is 53.6 Å². The molecule has 1 aliphatic carbocycles. The average Bonchev–Trinajstić information content (AvgIpc) is 3.13. The van der Waals surface area contributed by atoms with E-state index in [2.05, 4.69) is 15.5 Å². The van der Waals surface area contributed by atoms with Gasteiger partial charge >= 0.3 is 6.09 Å². The van der Waals surface area contributed by atoms with E-state index in [0.29, 0.717) is 18.0 Å². The molecular weight excluding hydrogens is 290 g/mol. The van der Waals surface area contributed by atoms with Gasteiger partial charge in [-0.2, -0.15) is 0 Å². The van der Waals surface area contributed by atoms with Crippen molar-refractivity contribution in [3.63, 3.8) is 0 Å². The molecule has 0 aromatic heterocycles. The van der Waals surface area contributed by atoms with Crippen molar-refractivity contribution in [1.82, 2.24) is 15.5 Å². The summed E-state index contributed by atoms with van der Waals surface area (Å²) in [5, 5.41) is 6.91.